The Kier molecular flexibility index (Phi) is 5.98. The van der Waals surface area contributed by atoms with Crippen molar-refractivity contribution in [1.82, 2.24) is 10.2 Å². The van der Waals surface area contributed by atoms with Gasteiger partial charge < -0.3 is 15.5 Å². The number of rotatable bonds is 5. The van der Waals surface area contributed by atoms with Gasteiger partial charge in [0.15, 0.2) is 0 Å². The van der Waals surface area contributed by atoms with E-state index in [-0.39, 0.29) is 28.5 Å². The van der Waals surface area contributed by atoms with E-state index in [2.05, 4.69) is 27.9 Å². The number of nitrogens with zero attached hydrogens (tertiary/aromatic N) is 1. The first-order chi connectivity index (χ1) is 10.1. The molecule has 6 heteroatoms. The summed E-state index contributed by atoms with van der Waals surface area (Å²) in [5, 5.41) is 22.6. The Morgan fingerprint density at radius 1 is 1.33 bits per heavy atom. The predicted octanol–water partition coefficient (Wildman–Crippen LogP) is 0.532. The van der Waals surface area contributed by atoms with Gasteiger partial charge in [-0.15, -0.1) is 0 Å². The minimum atomic E-state index is -0.631. The number of hydrogen-bond acceptors (Lipinski definition) is 4. The number of amides is 1. The highest BCUT2D eigenvalue weighted by atomic mass is 127. The maximum absolute atomic E-state index is 11.7. The largest absolute Gasteiger partial charge is 0.395 e. The lowest BCUT2D eigenvalue weighted by molar-refractivity contribution is -0.121. The number of nitrogens with one attached hydrogen (secondary N) is 1. The average Bonchev–Trinajstić information content (AvgIpc) is 2.72. The van der Waals surface area contributed by atoms with Crippen LogP contribution in [0.25, 0.3) is 0 Å². The topological polar surface area (TPSA) is 72.8 Å². The van der Waals surface area contributed by atoms with Crippen LogP contribution in [-0.2, 0) is 11.3 Å². The molecule has 0 unspecified atom stereocenters. The number of aliphatic hydroxyl groups is 2. The molecule has 1 fully saturated rings. The lowest BCUT2D eigenvalue weighted by Gasteiger charge is -2.29. The van der Waals surface area contributed by atoms with Gasteiger partial charge in [0.1, 0.15) is 0 Å². The van der Waals surface area contributed by atoms with Crippen molar-refractivity contribution < 1.29 is 15.0 Å². The molecule has 5 nitrogen and oxygen atoms in total. The van der Waals surface area contributed by atoms with E-state index in [1.54, 1.807) is 7.05 Å². The molecule has 3 N–H and O–H groups in total. The van der Waals surface area contributed by atoms with E-state index in [1.165, 1.54) is 0 Å². The third kappa shape index (κ3) is 3.74. The van der Waals surface area contributed by atoms with Crippen molar-refractivity contribution >= 4 is 28.5 Å². The van der Waals surface area contributed by atoms with Crippen LogP contribution in [0.15, 0.2) is 30.3 Å². The monoisotopic (exact) mass is 404 g/mol. The fourth-order valence-electron chi connectivity index (χ4n) is 2.83. The van der Waals surface area contributed by atoms with Gasteiger partial charge in [-0.05, 0) is 5.56 Å². The highest BCUT2D eigenvalue weighted by Crippen LogP contribution is 2.34. The highest BCUT2D eigenvalue weighted by molar-refractivity contribution is 14.1. The van der Waals surface area contributed by atoms with Gasteiger partial charge in [0.2, 0.25) is 5.91 Å². The van der Waals surface area contributed by atoms with Gasteiger partial charge in [0.25, 0.3) is 0 Å². The zero-order valence-corrected chi connectivity index (χ0v) is 14.1. The molecule has 1 saturated heterocycles. The molecule has 21 heavy (non-hydrogen) atoms. The van der Waals surface area contributed by atoms with Gasteiger partial charge in [-0.3, -0.25) is 9.69 Å². The minimum absolute atomic E-state index is 0.0504. The molecule has 1 aromatic carbocycles. The maximum atomic E-state index is 11.7. The van der Waals surface area contributed by atoms with Gasteiger partial charge >= 0.3 is 0 Å². The van der Waals surface area contributed by atoms with Crippen LogP contribution in [0.4, 0.5) is 0 Å². The Morgan fingerprint density at radius 2 is 2.00 bits per heavy atom. The molecule has 4 atom stereocenters. The van der Waals surface area contributed by atoms with Crippen LogP contribution in [0.5, 0.6) is 0 Å². The molecule has 116 valence electrons. The van der Waals surface area contributed by atoms with Gasteiger partial charge in [-0.1, -0.05) is 52.9 Å². The van der Waals surface area contributed by atoms with Crippen LogP contribution in [-0.4, -0.2) is 56.8 Å². The number of hydrogen-bond donors (Lipinski definition) is 3. The molecule has 1 aliphatic rings. The molecule has 0 aromatic heterocycles. The van der Waals surface area contributed by atoms with E-state index in [4.69, 9.17) is 0 Å². The number of halogens is 1. The summed E-state index contributed by atoms with van der Waals surface area (Å²) in [7, 11) is 1.61. The second-order valence-corrected chi connectivity index (χ2v) is 6.73. The third-order valence-electron chi connectivity index (χ3n) is 4.01. The first-order valence-corrected chi connectivity index (χ1v) is 8.26. The van der Waals surface area contributed by atoms with Crippen LogP contribution in [0.2, 0.25) is 0 Å². The molecule has 0 bridgehead atoms. The number of likely N-dealkylation sites (tertiary alicyclic amines) is 1. The van der Waals surface area contributed by atoms with Crippen molar-refractivity contribution in [2.45, 2.75) is 35.1 Å². The van der Waals surface area contributed by atoms with Crippen LogP contribution >= 0.6 is 22.6 Å². The van der Waals surface area contributed by atoms with Crippen molar-refractivity contribution in [2.24, 2.45) is 0 Å². The Hall–Kier alpha value is -0.700. The van der Waals surface area contributed by atoms with Gasteiger partial charge in [-0.2, -0.15) is 0 Å². The molecule has 1 amide bonds. The van der Waals surface area contributed by atoms with Crippen molar-refractivity contribution in [1.29, 1.82) is 0 Å². The minimum Gasteiger partial charge on any atom is -0.395 e. The van der Waals surface area contributed by atoms with Crippen molar-refractivity contribution in [3.05, 3.63) is 35.9 Å². The van der Waals surface area contributed by atoms with Crippen LogP contribution < -0.4 is 5.32 Å². The summed E-state index contributed by atoms with van der Waals surface area (Å²) in [6.45, 7) is 0.502. The van der Waals surface area contributed by atoms with Crippen LogP contribution in [0.3, 0.4) is 0 Å². The van der Waals surface area contributed by atoms with Gasteiger partial charge in [0, 0.05) is 26.1 Å². The smallest absolute Gasteiger partial charge is 0.221 e. The van der Waals surface area contributed by atoms with E-state index in [1.807, 2.05) is 35.2 Å². The Labute approximate surface area is 138 Å². The Morgan fingerprint density at radius 3 is 2.57 bits per heavy atom. The number of carbonyl (C=O) groups excluding carboxylic acids is 1. The molecule has 2 rings (SSSR count). The first kappa shape index (κ1) is 16.7. The van der Waals surface area contributed by atoms with E-state index >= 15 is 0 Å². The van der Waals surface area contributed by atoms with E-state index in [0.717, 1.165) is 5.56 Å². The van der Waals surface area contributed by atoms with Crippen LogP contribution in [0.1, 0.15) is 12.0 Å². The van der Waals surface area contributed by atoms with Crippen molar-refractivity contribution in [3.63, 3.8) is 0 Å². The summed E-state index contributed by atoms with van der Waals surface area (Å²) in [5.74, 6) is -0.0504. The molecular weight excluding hydrogens is 383 g/mol. The fraction of sp³-hybridized carbons (Fsp3) is 0.533. The summed E-state index contributed by atoms with van der Waals surface area (Å²) in [6.07, 6.45) is -0.307. The summed E-state index contributed by atoms with van der Waals surface area (Å²) < 4.78 is -0.0826. The fourth-order valence-corrected chi connectivity index (χ4v) is 3.97. The quantitative estimate of drug-likeness (QED) is 0.495. The average molecular weight is 404 g/mol. The molecule has 1 heterocycles. The van der Waals surface area contributed by atoms with E-state index in [0.29, 0.717) is 13.0 Å². The standard InChI is InChI=1S/C15H21IN2O3/c1-17-13(20)7-11-14(16)15(21)12(9-19)18(11)8-10-5-3-2-4-6-10/h2-6,11-12,14-15,19,21H,7-9H2,1H3,(H,17,20)/t11-,12-,14+,15-/m1/s1. The summed E-state index contributed by atoms with van der Waals surface area (Å²) >= 11 is 2.18. The lowest BCUT2D eigenvalue weighted by atomic mass is 10.1. The van der Waals surface area contributed by atoms with Crippen molar-refractivity contribution in [2.75, 3.05) is 13.7 Å². The second kappa shape index (κ2) is 7.53. The number of benzene rings is 1. The number of carbonyl (C=O) groups is 1. The van der Waals surface area contributed by atoms with Gasteiger partial charge in [-0.25, -0.2) is 0 Å². The molecule has 0 radical (unpaired) electrons. The number of aliphatic hydroxyl groups excluding tert-OH is 2. The summed E-state index contributed by atoms with van der Waals surface area (Å²) in [6, 6.07) is 9.49. The lowest BCUT2D eigenvalue weighted by Crippen LogP contribution is -2.42. The first-order valence-electron chi connectivity index (χ1n) is 7.01. The van der Waals surface area contributed by atoms with Crippen LogP contribution in [0, 0.1) is 0 Å². The molecule has 0 aliphatic carbocycles. The third-order valence-corrected chi connectivity index (χ3v) is 5.58. The predicted molar refractivity (Wildman–Crippen MR) is 89.1 cm³/mol. The summed E-state index contributed by atoms with van der Waals surface area (Å²) in [4.78, 5) is 13.8. The molecule has 1 aromatic rings. The van der Waals surface area contributed by atoms with E-state index in [9.17, 15) is 15.0 Å². The Balaban J connectivity index is 2.20. The molecule has 0 spiro atoms. The normalized spacial score (nSPS) is 29.5. The summed E-state index contributed by atoms with van der Waals surface area (Å²) in [5.41, 5.74) is 1.11. The van der Waals surface area contributed by atoms with E-state index < -0.39 is 6.10 Å². The highest BCUT2D eigenvalue weighted by Gasteiger charge is 2.47. The van der Waals surface area contributed by atoms with Crippen molar-refractivity contribution in [3.8, 4) is 0 Å². The Bertz CT molecular complexity index is 471. The second-order valence-electron chi connectivity index (χ2n) is 5.29. The molecular formula is C15H21IN2O3. The van der Waals surface area contributed by atoms with Gasteiger partial charge in [0.05, 0.1) is 22.7 Å². The number of alkyl halides is 1. The SMILES string of the molecule is CNC(=O)C[C@@H]1[C@H](I)[C@H](O)[C@@H](CO)N1Cc1ccccc1. The molecule has 0 saturated carbocycles. The maximum Gasteiger partial charge on any atom is 0.221 e. The zero-order valence-electron chi connectivity index (χ0n) is 11.9. The molecule has 1 aliphatic heterocycles. The zero-order chi connectivity index (χ0) is 15.4.